The quantitative estimate of drug-likeness (QED) is 0.816. The molecule has 2 nitrogen and oxygen atoms in total. The summed E-state index contributed by atoms with van der Waals surface area (Å²) >= 11 is 0. The first-order valence-corrected chi connectivity index (χ1v) is 6.35. The molecular weight excluding hydrogens is 210 g/mol. The van der Waals surface area contributed by atoms with Gasteiger partial charge in [-0.1, -0.05) is 49.8 Å². The van der Waals surface area contributed by atoms with E-state index in [4.69, 9.17) is 0 Å². The van der Waals surface area contributed by atoms with E-state index < -0.39 is 0 Å². The Morgan fingerprint density at radius 2 is 1.88 bits per heavy atom. The molecule has 2 heteroatoms. The number of benzene rings is 1. The summed E-state index contributed by atoms with van der Waals surface area (Å²) in [5.41, 5.74) is 2.20. The zero-order chi connectivity index (χ0) is 12.1. The van der Waals surface area contributed by atoms with Crippen molar-refractivity contribution in [3.63, 3.8) is 0 Å². The molecule has 0 heterocycles. The molecule has 0 aromatic heterocycles. The molecule has 92 valence electrons. The standard InChI is InChI=1S/C15H21NO/c1-13(14-7-3-2-4-8-14)11-16-15(12-17)9-5-6-10-15/h2-4,7-8,16-17H,1,5-6,9-12H2. The van der Waals surface area contributed by atoms with Gasteiger partial charge in [-0.3, -0.25) is 0 Å². The molecule has 1 aliphatic carbocycles. The molecular formula is C15H21NO. The first-order chi connectivity index (χ1) is 8.26. The highest BCUT2D eigenvalue weighted by Crippen LogP contribution is 2.29. The summed E-state index contributed by atoms with van der Waals surface area (Å²) in [6.45, 7) is 5.09. The second kappa shape index (κ2) is 5.48. The number of aliphatic hydroxyl groups excluding tert-OH is 1. The van der Waals surface area contributed by atoms with Crippen LogP contribution in [0.1, 0.15) is 31.2 Å². The van der Waals surface area contributed by atoms with Crippen LogP contribution < -0.4 is 5.32 Å². The van der Waals surface area contributed by atoms with Crippen LogP contribution >= 0.6 is 0 Å². The van der Waals surface area contributed by atoms with E-state index in [1.807, 2.05) is 18.2 Å². The molecule has 1 aromatic rings. The van der Waals surface area contributed by atoms with E-state index in [1.54, 1.807) is 0 Å². The van der Waals surface area contributed by atoms with Crippen LogP contribution in [0.2, 0.25) is 0 Å². The monoisotopic (exact) mass is 231 g/mol. The predicted octanol–water partition coefficient (Wildman–Crippen LogP) is 2.59. The molecule has 1 saturated carbocycles. The molecule has 0 amide bonds. The number of rotatable bonds is 5. The summed E-state index contributed by atoms with van der Waals surface area (Å²) in [6, 6.07) is 10.2. The van der Waals surface area contributed by atoms with Crippen molar-refractivity contribution in [3.05, 3.63) is 42.5 Å². The van der Waals surface area contributed by atoms with Crippen LogP contribution in [0.15, 0.2) is 36.9 Å². The zero-order valence-electron chi connectivity index (χ0n) is 10.3. The molecule has 0 spiro atoms. The Morgan fingerprint density at radius 1 is 1.24 bits per heavy atom. The van der Waals surface area contributed by atoms with Gasteiger partial charge in [0, 0.05) is 12.1 Å². The van der Waals surface area contributed by atoms with Crippen molar-refractivity contribution in [3.8, 4) is 0 Å². The zero-order valence-corrected chi connectivity index (χ0v) is 10.3. The summed E-state index contributed by atoms with van der Waals surface area (Å²) < 4.78 is 0. The van der Waals surface area contributed by atoms with Crippen LogP contribution in [0.3, 0.4) is 0 Å². The largest absolute Gasteiger partial charge is 0.394 e. The van der Waals surface area contributed by atoms with Crippen molar-refractivity contribution in [2.45, 2.75) is 31.2 Å². The third-order valence-electron chi connectivity index (χ3n) is 3.72. The number of aliphatic hydroxyl groups is 1. The van der Waals surface area contributed by atoms with Crippen molar-refractivity contribution in [1.82, 2.24) is 5.32 Å². The Balaban J connectivity index is 1.92. The first kappa shape index (κ1) is 12.3. The third-order valence-corrected chi connectivity index (χ3v) is 3.72. The van der Waals surface area contributed by atoms with E-state index in [0.717, 1.165) is 25.0 Å². The minimum Gasteiger partial charge on any atom is -0.394 e. The van der Waals surface area contributed by atoms with E-state index in [2.05, 4.69) is 24.0 Å². The van der Waals surface area contributed by atoms with Gasteiger partial charge in [0.1, 0.15) is 0 Å². The molecule has 0 aliphatic heterocycles. The Hall–Kier alpha value is -1.12. The van der Waals surface area contributed by atoms with E-state index >= 15 is 0 Å². The van der Waals surface area contributed by atoms with Crippen molar-refractivity contribution in [1.29, 1.82) is 0 Å². The average Bonchev–Trinajstić information content (AvgIpc) is 2.86. The molecule has 1 aromatic carbocycles. The van der Waals surface area contributed by atoms with Gasteiger partial charge in [0.25, 0.3) is 0 Å². The first-order valence-electron chi connectivity index (χ1n) is 6.35. The fourth-order valence-electron chi connectivity index (χ4n) is 2.51. The molecule has 2 N–H and O–H groups in total. The Labute approximate surface area is 103 Å². The van der Waals surface area contributed by atoms with Crippen LogP contribution in [0, 0.1) is 0 Å². The number of hydrogen-bond donors (Lipinski definition) is 2. The second-order valence-corrected chi connectivity index (χ2v) is 4.97. The summed E-state index contributed by atoms with van der Waals surface area (Å²) in [5.74, 6) is 0. The van der Waals surface area contributed by atoms with Gasteiger partial charge in [0.05, 0.1) is 6.61 Å². The summed E-state index contributed by atoms with van der Waals surface area (Å²) in [6.07, 6.45) is 4.58. The SMILES string of the molecule is C=C(CNC1(CO)CCCC1)c1ccccc1. The van der Waals surface area contributed by atoms with Gasteiger partial charge < -0.3 is 10.4 Å². The highest BCUT2D eigenvalue weighted by atomic mass is 16.3. The minimum absolute atomic E-state index is 0.0578. The lowest BCUT2D eigenvalue weighted by molar-refractivity contribution is 0.169. The van der Waals surface area contributed by atoms with E-state index in [0.29, 0.717) is 0 Å². The van der Waals surface area contributed by atoms with Crippen molar-refractivity contribution < 1.29 is 5.11 Å². The van der Waals surface area contributed by atoms with Gasteiger partial charge in [0.15, 0.2) is 0 Å². The third kappa shape index (κ3) is 2.96. The maximum atomic E-state index is 9.51. The molecule has 0 bridgehead atoms. The topological polar surface area (TPSA) is 32.3 Å². The van der Waals surface area contributed by atoms with Crippen LogP contribution in [0.25, 0.3) is 5.57 Å². The molecule has 0 atom stereocenters. The Kier molecular flexibility index (Phi) is 3.97. The van der Waals surface area contributed by atoms with Gasteiger partial charge >= 0.3 is 0 Å². The molecule has 0 radical (unpaired) electrons. The van der Waals surface area contributed by atoms with Crippen LogP contribution in [0.4, 0.5) is 0 Å². The highest BCUT2D eigenvalue weighted by Gasteiger charge is 2.32. The Bertz CT molecular complexity index is 366. The predicted molar refractivity (Wildman–Crippen MR) is 71.8 cm³/mol. The summed E-state index contributed by atoms with van der Waals surface area (Å²) in [7, 11) is 0. The smallest absolute Gasteiger partial charge is 0.0613 e. The molecule has 2 rings (SSSR count). The maximum absolute atomic E-state index is 9.51. The summed E-state index contributed by atoms with van der Waals surface area (Å²) in [5, 5.41) is 13.0. The maximum Gasteiger partial charge on any atom is 0.0613 e. The van der Waals surface area contributed by atoms with Gasteiger partial charge in [-0.2, -0.15) is 0 Å². The van der Waals surface area contributed by atoms with Crippen LogP contribution in [0.5, 0.6) is 0 Å². The lowest BCUT2D eigenvalue weighted by Gasteiger charge is -2.28. The van der Waals surface area contributed by atoms with Gasteiger partial charge in [-0.15, -0.1) is 0 Å². The molecule has 1 aliphatic rings. The molecule has 17 heavy (non-hydrogen) atoms. The van der Waals surface area contributed by atoms with E-state index in [1.165, 1.54) is 18.4 Å². The number of nitrogens with one attached hydrogen (secondary N) is 1. The van der Waals surface area contributed by atoms with Crippen LogP contribution in [-0.4, -0.2) is 23.8 Å². The fraction of sp³-hybridized carbons (Fsp3) is 0.467. The second-order valence-electron chi connectivity index (χ2n) is 4.97. The van der Waals surface area contributed by atoms with E-state index in [9.17, 15) is 5.11 Å². The molecule has 0 saturated heterocycles. The van der Waals surface area contributed by atoms with Crippen molar-refractivity contribution in [2.75, 3.05) is 13.2 Å². The van der Waals surface area contributed by atoms with Gasteiger partial charge in [-0.25, -0.2) is 0 Å². The minimum atomic E-state index is -0.0578. The fourth-order valence-corrected chi connectivity index (χ4v) is 2.51. The van der Waals surface area contributed by atoms with Crippen molar-refractivity contribution >= 4 is 5.57 Å². The van der Waals surface area contributed by atoms with Gasteiger partial charge in [-0.05, 0) is 24.0 Å². The summed E-state index contributed by atoms with van der Waals surface area (Å²) in [4.78, 5) is 0. The molecule has 0 unspecified atom stereocenters. The lowest BCUT2D eigenvalue weighted by atomic mass is 9.97. The Morgan fingerprint density at radius 3 is 2.47 bits per heavy atom. The number of hydrogen-bond acceptors (Lipinski definition) is 2. The normalized spacial score (nSPS) is 18.2. The van der Waals surface area contributed by atoms with Gasteiger partial charge in [0.2, 0.25) is 0 Å². The average molecular weight is 231 g/mol. The lowest BCUT2D eigenvalue weighted by Crippen LogP contribution is -2.46. The highest BCUT2D eigenvalue weighted by molar-refractivity contribution is 5.64. The van der Waals surface area contributed by atoms with E-state index in [-0.39, 0.29) is 12.1 Å². The van der Waals surface area contributed by atoms with Crippen LogP contribution in [-0.2, 0) is 0 Å². The van der Waals surface area contributed by atoms with Crippen molar-refractivity contribution in [2.24, 2.45) is 0 Å². The molecule has 1 fully saturated rings.